The standard InChI is InChI=1S/C8H16N.C3H7NO2.ClH/c1-5-7-9(3,4)8-6-2;1-2-6-3(4)5;/h5-6H,1-2,7-8H2,3-4H3;2H2,1H3,(H2,4,5);1H/q+1;;/p-1. The molecule has 0 aromatic carbocycles. The van der Waals surface area contributed by atoms with Crippen LogP contribution in [-0.4, -0.2) is 44.4 Å². The number of nitrogens with zero attached hydrogens (tertiary/aromatic N) is 1. The SMILES string of the molecule is C=CC[N+](C)(C)CC=C.CCOC(N)=O.[Cl-]. The van der Waals surface area contributed by atoms with Crippen molar-refractivity contribution in [1.29, 1.82) is 0 Å². The Morgan fingerprint density at radius 2 is 1.69 bits per heavy atom. The van der Waals surface area contributed by atoms with Gasteiger partial charge in [-0.3, -0.25) is 0 Å². The van der Waals surface area contributed by atoms with Crippen LogP contribution in [0.4, 0.5) is 4.79 Å². The van der Waals surface area contributed by atoms with Crippen LogP contribution in [0.2, 0.25) is 0 Å². The van der Waals surface area contributed by atoms with Crippen LogP contribution in [0.1, 0.15) is 6.92 Å². The number of likely N-dealkylation sites (N-methyl/N-ethyl adjacent to an activating group) is 1. The Morgan fingerprint density at radius 3 is 1.81 bits per heavy atom. The Morgan fingerprint density at radius 1 is 1.31 bits per heavy atom. The van der Waals surface area contributed by atoms with E-state index in [0.717, 1.165) is 17.6 Å². The van der Waals surface area contributed by atoms with Gasteiger partial charge in [0.25, 0.3) is 0 Å². The van der Waals surface area contributed by atoms with Crippen molar-refractivity contribution in [3.63, 3.8) is 0 Å². The molecule has 4 nitrogen and oxygen atoms in total. The fourth-order valence-electron chi connectivity index (χ4n) is 0.916. The summed E-state index contributed by atoms with van der Waals surface area (Å²) in [6.07, 6.45) is 3.16. The quantitative estimate of drug-likeness (QED) is 0.479. The second-order valence-electron chi connectivity index (χ2n) is 3.63. The normalized spacial score (nSPS) is 8.94. The lowest BCUT2D eigenvalue weighted by molar-refractivity contribution is -0.878. The van der Waals surface area contributed by atoms with Crippen LogP contribution in [-0.2, 0) is 4.74 Å². The first-order valence-electron chi connectivity index (χ1n) is 4.85. The molecule has 0 unspecified atom stereocenters. The molecule has 0 rings (SSSR count). The first-order chi connectivity index (χ1) is 6.89. The monoisotopic (exact) mass is 250 g/mol. The molecule has 0 atom stereocenters. The molecule has 1 amide bonds. The number of hydrogen-bond donors (Lipinski definition) is 1. The Bertz CT molecular complexity index is 194. The van der Waals surface area contributed by atoms with Crippen molar-refractivity contribution in [2.24, 2.45) is 5.73 Å². The van der Waals surface area contributed by atoms with Crippen molar-refractivity contribution in [2.75, 3.05) is 33.8 Å². The summed E-state index contributed by atoms with van der Waals surface area (Å²) in [7, 11) is 4.31. The molecule has 0 saturated heterocycles. The average Bonchev–Trinajstić information content (AvgIpc) is 2.03. The Labute approximate surface area is 105 Å². The molecular weight excluding hydrogens is 228 g/mol. The number of quaternary nitrogens is 1. The summed E-state index contributed by atoms with van der Waals surface area (Å²) >= 11 is 0. The molecule has 0 aliphatic rings. The number of ether oxygens (including phenoxy) is 1. The van der Waals surface area contributed by atoms with Crippen molar-refractivity contribution in [2.45, 2.75) is 6.92 Å². The van der Waals surface area contributed by atoms with Crippen LogP contribution in [0, 0.1) is 0 Å². The van der Waals surface area contributed by atoms with Gasteiger partial charge in [-0.2, -0.15) is 0 Å². The van der Waals surface area contributed by atoms with Crippen LogP contribution in [0.3, 0.4) is 0 Å². The fourth-order valence-corrected chi connectivity index (χ4v) is 0.916. The lowest BCUT2D eigenvalue weighted by Crippen LogP contribution is -3.00. The van der Waals surface area contributed by atoms with Gasteiger partial charge in [0.15, 0.2) is 0 Å². The number of primary amides is 1. The van der Waals surface area contributed by atoms with Crippen molar-refractivity contribution < 1.29 is 26.4 Å². The zero-order chi connectivity index (χ0) is 12.3. The van der Waals surface area contributed by atoms with Crippen molar-refractivity contribution >= 4 is 6.09 Å². The summed E-state index contributed by atoms with van der Waals surface area (Å²) in [4.78, 5) is 9.60. The number of amides is 1. The molecule has 96 valence electrons. The van der Waals surface area contributed by atoms with Crippen LogP contribution in [0.15, 0.2) is 25.3 Å². The van der Waals surface area contributed by atoms with E-state index in [1.54, 1.807) is 6.92 Å². The Kier molecular flexibility index (Phi) is 15.4. The molecule has 5 heteroatoms. The summed E-state index contributed by atoms with van der Waals surface area (Å²) < 4.78 is 5.13. The van der Waals surface area contributed by atoms with E-state index in [2.05, 4.69) is 37.7 Å². The van der Waals surface area contributed by atoms with E-state index in [-0.39, 0.29) is 12.4 Å². The predicted molar refractivity (Wildman–Crippen MR) is 63.4 cm³/mol. The van der Waals surface area contributed by atoms with Gasteiger partial charge in [-0.25, -0.2) is 4.79 Å². The Balaban J connectivity index is -0.000000214. The van der Waals surface area contributed by atoms with Gasteiger partial charge >= 0.3 is 6.09 Å². The maximum atomic E-state index is 9.60. The molecule has 0 radical (unpaired) electrons. The van der Waals surface area contributed by atoms with Gasteiger partial charge < -0.3 is 27.4 Å². The summed E-state index contributed by atoms with van der Waals surface area (Å²) in [6.45, 7) is 11.4. The van der Waals surface area contributed by atoms with Crippen LogP contribution in [0.5, 0.6) is 0 Å². The minimum atomic E-state index is -0.711. The highest BCUT2D eigenvalue weighted by Gasteiger charge is 2.07. The second-order valence-corrected chi connectivity index (χ2v) is 3.63. The molecular formula is C11H23ClN2O2. The third-order valence-corrected chi connectivity index (χ3v) is 1.53. The van der Waals surface area contributed by atoms with Crippen LogP contribution < -0.4 is 18.1 Å². The zero-order valence-corrected chi connectivity index (χ0v) is 11.2. The van der Waals surface area contributed by atoms with E-state index in [1.807, 2.05) is 12.2 Å². The topological polar surface area (TPSA) is 52.3 Å². The number of halogens is 1. The van der Waals surface area contributed by atoms with Gasteiger partial charge in [0, 0.05) is 0 Å². The molecule has 0 aromatic rings. The van der Waals surface area contributed by atoms with Gasteiger partial charge in [-0.05, 0) is 19.1 Å². The summed E-state index contributed by atoms with van der Waals surface area (Å²) in [5.41, 5.74) is 4.54. The highest BCUT2D eigenvalue weighted by Crippen LogP contribution is 1.95. The largest absolute Gasteiger partial charge is 1.00 e. The van der Waals surface area contributed by atoms with Gasteiger partial charge in [-0.15, -0.1) is 0 Å². The molecule has 2 N–H and O–H groups in total. The summed E-state index contributed by atoms with van der Waals surface area (Å²) in [6, 6.07) is 0. The maximum absolute atomic E-state index is 9.60. The van der Waals surface area contributed by atoms with E-state index in [4.69, 9.17) is 0 Å². The van der Waals surface area contributed by atoms with E-state index in [9.17, 15) is 4.79 Å². The molecule has 0 aliphatic carbocycles. The number of carbonyl (C=O) groups excluding carboxylic acids is 1. The number of rotatable bonds is 5. The zero-order valence-electron chi connectivity index (χ0n) is 10.4. The lowest BCUT2D eigenvalue weighted by atomic mass is 10.4. The minimum absolute atomic E-state index is 0. The molecule has 0 aliphatic heterocycles. The van der Waals surface area contributed by atoms with Gasteiger partial charge in [-0.1, -0.05) is 13.2 Å². The molecule has 0 bridgehead atoms. The van der Waals surface area contributed by atoms with Gasteiger partial charge in [0.1, 0.15) is 0 Å². The number of hydrogen-bond acceptors (Lipinski definition) is 2. The fraction of sp³-hybridized carbons (Fsp3) is 0.545. The highest BCUT2D eigenvalue weighted by molar-refractivity contribution is 5.64. The van der Waals surface area contributed by atoms with E-state index in [1.165, 1.54) is 0 Å². The van der Waals surface area contributed by atoms with Crippen molar-refractivity contribution in [1.82, 2.24) is 0 Å². The summed E-state index contributed by atoms with van der Waals surface area (Å²) in [5.74, 6) is 0. The molecule has 0 fully saturated rings. The molecule has 0 aromatic heterocycles. The molecule has 0 heterocycles. The van der Waals surface area contributed by atoms with Crippen LogP contribution in [0.25, 0.3) is 0 Å². The molecule has 0 saturated carbocycles. The van der Waals surface area contributed by atoms with E-state index >= 15 is 0 Å². The first-order valence-corrected chi connectivity index (χ1v) is 4.85. The molecule has 0 spiro atoms. The highest BCUT2D eigenvalue weighted by atomic mass is 35.5. The Hall–Kier alpha value is -1.00. The van der Waals surface area contributed by atoms with Crippen molar-refractivity contribution in [3.8, 4) is 0 Å². The lowest BCUT2D eigenvalue weighted by Gasteiger charge is -2.26. The third kappa shape index (κ3) is 18.7. The second kappa shape index (κ2) is 12.1. The maximum Gasteiger partial charge on any atom is 0.404 e. The number of nitrogens with two attached hydrogens (primary N) is 1. The molecule has 16 heavy (non-hydrogen) atoms. The van der Waals surface area contributed by atoms with E-state index < -0.39 is 6.09 Å². The minimum Gasteiger partial charge on any atom is -1.00 e. The summed E-state index contributed by atoms with van der Waals surface area (Å²) in [5, 5.41) is 0. The van der Waals surface area contributed by atoms with Gasteiger partial charge in [0.05, 0.1) is 33.8 Å². The third-order valence-electron chi connectivity index (χ3n) is 1.53. The van der Waals surface area contributed by atoms with Crippen molar-refractivity contribution in [3.05, 3.63) is 25.3 Å². The average molecular weight is 251 g/mol. The smallest absolute Gasteiger partial charge is 0.404 e. The number of carbonyl (C=O) groups is 1. The predicted octanol–water partition coefficient (Wildman–Crippen LogP) is -1.46. The van der Waals surface area contributed by atoms with Crippen LogP contribution >= 0.6 is 0 Å². The van der Waals surface area contributed by atoms with Gasteiger partial charge in [0.2, 0.25) is 0 Å². The van der Waals surface area contributed by atoms with E-state index in [0.29, 0.717) is 6.61 Å². The first kappa shape index (κ1) is 20.4.